The Morgan fingerprint density at radius 2 is 1.89 bits per heavy atom. The number of rotatable bonds is 1. The molecule has 0 atom stereocenters. The van der Waals surface area contributed by atoms with Gasteiger partial charge in [-0.05, 0) is 18.2 Å². The van der Waals surface area contributed by atoms with E-state index in [9.17, 15) is 13.2 Å². The summed E-state index contributed by atoms with van der Waals surface area (Å²) in [6.45, 7) is 0. The molecule has 2 heterocycles. The molecule has 0 unspecified atom stereocenters. The van der Waals surface area contributed by atoms with Crippen LogP contribution in [0.25, 0.3) is 22.1 Å². The molecule has 1 N–H and O–H groups in total. The summed E-state index contributed by atoms with van der Waals surface area (Å²) in [4.78, 5) is 11.1. The van der Waals surface area contributed by atoms with Gasteiger partial charge in [-0.2, -0.15) is 0 Å². The van der Waals surface area contributed by atoms with Crippen LogP contribution < -0.4 is 4.74 Å². The summed E-state index contributed by atoms with van der Waals surface area (Å²) in [6.07, 6.45) is -1.72. The Hall–Kier alpha value is -2.31. The van der Waals surface area contributed by atoms with E-state index >= 15 is 0 Å². The summed E-state index contributed by atoms with van der Waals surface area (Å²) in [5.74, 6) is -0.276. The average Bonchev–Trinajstić information content (AvgIpc) is 2.65. The fourth-order valence-electron chi connectivity index (χ4n) is 1.78. The van der Waals surface area contributed by atoms with Gasteiger partial charge in [0.2, 0.25) is 0 Å². The molecular weight excluding hydrogens is 247 g/mol. The smallest absolute Gasteiger partial charge is 0.406 e. The number of ether oxygens (including phenoxy) is 1. The van der Waals surface area contributed by atoms with Crippen molar-refractivity contribution >= 4 is 22.1 Å². The molecule has 4 nitrogen and oxygen atoms in total. The van der Waals surface area contributed by atoms with Gasteiger partial charge in [0, 0.05) is 23.3 Å². The van der Waals surface area contributed by atoms with Crippen molar-refractivity contribution in [3.8, 4) is 5.75 Å². The SMILES string of the molecule is FC(F)(F)Oc1ccc2[nH]c3nccnc3c2c1. The van der Waals surface area contributed by atoms with Crippen molar-refractivity contribution < 1.29 is 17.9 Å². The number of benzene rings is 1. The van der Waals surface area contributed by atoms with E-state index in [1.165, 1.54) is 30.6 Å². The Morgan fingerprint density at radius 3 is 2.67 bits per heavy atom. The Bertz CT molecular complexity index is 720. The first-order valence-electron chi connectivity index (χ1n) is 5.01. The lowest BCUT2D eigenvalue weighted by atomic mass is 10.2. The number of hydrogen-bond donors (Lipinski definition) is 1. The zero-order valence-electron chi connectivity index (χ0n) is 8.82. The van der Waals surface area contributed by atoms with Crippen molar-refractivity contribution in [2.45, 2.75) is 6.36 Å². The Balaban J connectivity index is 2.18. The third-order valence-electron chi connectivity index (χ3n) is 2.43. The maximum Gasteiger partial charge on any atom is 0.573 e. The van der Waals surface area contributed by atoms with Crippen molar-refractivity contribution in [1.82, 2.24) is 15.0 Å². The van der Waals surface area contributed by atoms with E-state index in [0.29, 0.717) is 22.1 Å². The van der Waals surface area contributed by atoms with Gasteiger partial charge in [0.15, 0.2) is 5.65 Å². The molecule has 0 radical (unpaired) electrons. The van der Waals surface area contributed by atoms with Gasteiger partial charge < -0.3 is 9.72 Å². The highest BCUT2D eigenvalue weighted by atomic mass is 19.4. The maximum absolute atomic E-state index is 12.1. The molecule has 0 saturated heterocycles. The molecule has 0 amide bonds. The van der Waals surface area contributed by atoms with Crippen LogP contribution in [0.3, 0.4) is 0 Å². The Morgan fingerprint density at radius 1 is 1.11 bits per heavy atom. The van der Waals surface area contributed by atoms with Gasteiger partial charge in [0.1, 0.15) is 11.3 Å². The number of hydrogen-bond acceptors (Lipinski definition) is 3. The zero-order valence-corrected chi connectivity index (χ0v) is 8.82. The molecule has 0 aliphatic carbocycles. The number of alkyl halides is 3. The second-order valence-electron chi connectivity index (χ2n) is 3.63. The van der Waals surface area contributed by atoms with E-state index in [1.54, 1.807) is 0 Å². The standard InChI is InChI=1S/C11H6F3N3O/c12-11(13,14)18-6-1-2-8-7(5-6)9-10(17-8)16-4-3-15-9/h1-5H,(H,16,17). The van der Waals surface area contributed by atoms with Crippen LogP contribution in [0.5, 0.6) is 5.75 Å². The highest BCUT2D eigenvalue weighted by Crippen LogP contribution is 2.29. The van der Waals surface area contributed by atoms with Crippen LogP contribution in [0.1, 0.15) is 0 Å². The van der Waals surface area contributed by atoms with Crippen LogP contribution in [0.4, 0.5) is 13.2 Å². The van der Waals surface area contributed by atoms with Crippen LogP contribution in [0, 0.1) is 0 Å². The molecule has 0 aliphatic heterocycles. The summed E-state index contributed by atoms with van der Waals surface area (Å²) in [5.41, 5.74) is 1.70. The lowest BCUT2D eigenvalue weighted by Crippen LogP contribution is -2.16. The Kier molecular flexibility index (Phi) is 2.16. The van der Waals surface area contributed by atoms with Crippen LogP contribution in [0.2, 0.25) is 0 Å². The normalized spacial score (nSPS) is 12.2. The number of nitrogens with one attached hydrogen (secondary N) is 1. The van der Waals surface area contributed by atoms with Crippen molar-refractivity contribution in [3.63, 3.8) is 0 Å². The lowest BCUT2D eigenvalue weighted by Gasteiger charge is -2.08. The lowest BCUT2D eigenvalue weighted by molar-refractivity contribution is -0.274. The number of halogens is 3. The van der Waals surface area contributed by atoms with E-state index in [2.05, 4.69) is 19.7 Å². The van der Waals surface area contributed by atoms with E-state index in [4.69, 9.17) is 0 Å². The zero-order chi connectivity index (χ0) is 12.8. The molecule has 0 saturated carbocycles. The highest BCUT2D eigenvalue weighted by molar-refractivity contribution is 6.03. The molecule has 3 rings (SSSR count). The second kappa shape index (κ2) is 3.59. The number of aromatic nitrogens is 3. The number of H-pyrrole nitrogens is 1. The van der Waals surface area contributed by atoms with E-state index in [0.717, 1.165) is 0 Å². The van der Waals surface area contributed by atoms with Crippen LogP contribution >= 0.6 is 0 Å². The van der Waals surface area contributed by atoms with E-state index < -0.39 is 6.36 Å². The molecule has 3 aromatic rings. The van der Waals surface area contributed by atoms with Crippen molar-refractivity contribution in [1.29, 1.82) is 0 Å². The fourth-order valence-corrected chi connectivity index (χ4v) is 1.78. The van der Waals surface area contributed by atoms with Gasteiger partial charge in [-0.3, -0.25) is 4.98 Å². The van der Waals surface area contributed by atoms with Gasteiger partial charge in [0.25, 0.3) is 0 Å². The predicted molar refractivity (Wildman–Crippen MR) is 58.1 cm³/mol. The van der Waals surface area contributed by atoms with E-state index in [1.807, 2.05) is 0 Å². The third kappa shape index (κ3) is 1.83. The summed E-state index contributed by atoms with van der Waals surface area (Å²) in [7, 11) is 0. The van der Waals surface area contributed by atoms with Crippen molar-refractivity contribution in [2.24, 2.45) is 0 Å². The first kappa shape index (κ1) is 10.8. The second-order valence-corrected chi connectivity index (χ2v) is 3.63. The molecule has 0 fully saturated rings. The first-order chi connectivity index (χ1) is 8.53. The summed E-state index contributed by atoms with van der Waals surface area (Å²) >= 11 is 0. The van der Waals surface area contributed by atoms with Gasteiger partial charge in [-0.15, -0.1) is 13.2 Å². The molecule has 2 aromatic heterocycles. The monoisotopic (exact) mass is 253 g/mol. The summed E-state index contributed by atoms with van der Waals surface area (Å²) in [5, 5.41) is 0.542. The fraction of sp³-hybridized carbons (Fsp3) is 0.0909. The molecule has 1 aromatic carbocycles. The molecule has 0 spiro atoms. The quantitative estimate of drug-likeness (QED) is 0.725. The van der Waals surface area contributed by atoms with Crippen molar-refractivity contribution in [2.75, 3.05) is 0 Å². The minimum Gasteiger partial charge on any atom is -0.406 e. The van der Waals surface area contributed by atoms with Crippen LogP contribution in [-0.4, -0.2) is 21.3 Å². The number of nitrogens with zero attached hydrogens (tertiary/aromatic N) is 2. The molecule has 18 heavy (non-hydrogen) atoms. The molecule has 0 aliphatic rings. The van der Waals surface area contributed by atoms with Gasteiger partial charge >= 0.3 is 6.36 Å². The summed E-state index contributed by atoms with van der Waals surface area (Å²) in [6, 6.07) is 4.03. The Labute approximate surface area is 98.4 Å². The molecule has 0 bridgehead atoms. The highest BCUT2D eigenvalue weighted by Gasteiger charge is 2.31. The third-order valence-corrected chi connectivity index (χ3v) is 2.43. The van der Waals surface area contributed by atoms with Crippen molar-refractivity contribution in [3.05, 3.63) is 30.6 Å². The predicted octanol–water partition coefficient (Wildman–Crippen LogP) is 3.01. The topological polar surface area (TPSA) is 50.8 Å². The van der Waals surface area contributed by atoms with Gasteiger partial charge in [0.05, 0.1) is 0 Å². The van der Waals surface area contributed by atoms with E-state index in [-0.39, 0.29) is 5.75 Å². The largest absolute Gasteiger partial charge is 0.573 e. The van der Waals surface area contributed by atoms with Gasteiger partial charge in [-0.25, -0.2) is 4.98 Å². The number of fused-ring (bicyclic) bond motifs is 3. The summed E-state index contributed by atoms with van der Waals surface area (Å²) < 4.78 is 40.2. The maximum atomic E-state index is 12.1. The van der Waals surface area contributed by atoms with Crippen LogP contribution in [0.15, 0.2) is 30.6 Å². The molecular formula is C11H6F3N3O. The van der Waals surface area contributed by atoms with Crippen LogP contribution in [-0.2, 0) is 0 Å². The minimum absolute atomic E-state index is 0.276. The molecule has 7 heteroatoms. The average molecular weight is 253 g/mol. The first-order valence-corrected chi connectivity index (χ1v) is 5.01. The van der Waals surface area contributed by atoms with Gasteiger partial charge in [-0.1, -0.05) is 0 Å². The molecule has 92 valence electrons. The minimum atomic E-state index is -4.70. The number of aromatic amines is 1.